The quantitative estimate of drug-likeness (QED) is 0.621. The number of hydrogen-bond acceptors (Lipinski definition) is 4. The summed E-state index contributed by atoms with van der Waals surface area (Å²) in [6.07, 6.45) is -5.50. The van der Waals surface area contributed by atoms with Gasteiger partial charge in [0.1, 0.15) is 6.61 Å². The van der Waals surface area contributed by atoms with Crippen LogP contribution in [0.2, 0.25) is 0 Å². The van der Waals surface area contributed by atoms with E-state index < -0.39 is 23.8 Å². The van der Waals surface area contributed by atoms with Crippen molar-refractivity contribution in [1.29, 1.82) is 0 Å². The first-order valence-corrected chi connectivity index (χ1v) is 6.22. The lowest BCUT2D eigenvalue weighted by Crippen LogP contribution is -2.27. The third-order valence-corrected chi connectivity index (χ3v) is 2.60. The van der Waals surface area contributed by atoms with E-state index in [1.807, 2.05) is 0 Å². The number of rotatable bonds is 8. The Balaban J connectivity index is 2.38. The van der Waals surface area contributed by atoms with Crippen LogP contribution in [0.15, 0.2) is 24.3 Å². The minimum Gasteiger partial charge on any atom is -0.387 e. The first-order chi connectivity index (χ1) is 9.80. The average Bonchev–Trinajstić information content (AvgIpc) is 2.41. The maximum Gasteiger partial charge on any atom is 0.416 e. The van der Waals surface area contributed by atoms with Gasteiger partial charge in [-0.1, -0.05) is 12.1 Å². The first-order valence-electron chi connectivity index (χ1n) is 6.22. The Morgan fingerprint density at radius 2 is 2.14 bits per heavy atom. The highest BCUT2D eigenvalue weighted by atomic mass is 19.4. The van der Waals surface area contributed by atoms with Crippen molar-refractivity contribution >= 4 is 5.91 Å². The van der Waals surface area contributed by atoms with Crippen molar-refractivity contribution < 1.29 is 27.8 Å². The van der Waals surface area contributed by atoms with Crippen molar-refractivity contribution in [2.75, 3.05) is 26.3 Å². The molecule has 0 heterocycles. The number of primary amides is 1. The number of nitrogens with two attached hydrogens (primary N) is 1. The second kappa shape index (κ2) is 7.96. The fourth-order valence-electron chi connectivity index (χ4n) is 1.60. The summed E-state index contributed by atoms with van der Waals surface area (Å²) >= 11 is 0. The van der Waals surface area contributed by atoms with Crippen molar-refractivity contribution in [2.45, 2.75) is 12.3 Å². The van der Waals surface area contributed by atoms with Gasteiger partial charge in [0.25, 0.3) is 0 Å². The number of nitrogens with one attached hydrogen (secondary N) is 1. The Morgan fingerprint density at radius 1 is 1.43 bits per heavy atom. The van der Waals surface area contributed by atoms with Crippen LogP contribution in [-0.4, -0.2) is 37.3 Å². The third-order valence-electron chi connectivity index (χ3n) is 2.60. The summed E-state index contributed by atoms with van der Waals surface area (Å²) in [5, 5.41) is 12.6. The van der Waals surface area contributed by atoms with Crippen LogP contribution < -0.4 is 11.1 Å². The molecule has 5 nitrogen and oxygen atoms in total. The molecule has 1 aromatic rings. The lowest BCUT2D eigenvalue weighted by atomic mass is 10.1. The summed E-state index contributed by atoms with van der Waals surface area (Å²) < 4.78 is 42.5. The molecule has 0 saturated heterocycles. The van der Waals surface area contributed by atoms with Crippen LogP contribution in [0, 0.1) is 0 Å². The number of amides is 1. The van der Waals surface area contributed by atoms with Crippen molar-refractivity contribution in [3.05, 3.63) is 35.4 Å². The summed E-state index contributed by atoms with van der Waals surface area (Å²) in [6.45, 7) is 0.417. The van der Waals surface area contributed by atoms with Crippen molar-refractivity contribution in [3.8, 4) is 0 Å². The van der Waals surface area contributed by atoms with Gasteiger partial charge < -0.3 is 20.9 Å². The van der Waals surface area contributed by atoms with E-state index in [4.69, 9.17) is 10.5 Å². The van der Waals surface area contributed by atoms with Gasteiger partial charge in [0.05, 0.1) is 18.3 Å². The van der Waals surface area contributed by atoms with Gasteiger partial charge in [0.15, 0.2) is 0 Å². The predicted octanol–water partition coefficient (Wildman–Crippen LogP) is 0.830. The molecule has 0 aliphatic rings. The highest BCUT2D eigenvalue weighted by molar-refractivity contribution is 5.74. The summed E-state index contributed by atoms with van der Waals surface area (Å²) in [6, 6.07) is 4.53. The highest BCUT2D eigenvalue weighted by Crippen LogP contribution is 2.30. The minimum absolute atomic E-state index is 0.0707. The van der Waals surface area contributed by atoms with E-state index in [0.29, 0.717) is 6.54 Å². The highest BCUT2D eigenvalue weighted by Gasteiger charge is 2.30. The van der Waals surface area contributed by atoms with Gasteiger partial charge in [-0.15, -0.1) is 0 Å². The number of benzene rings is 1. The van der Waals surface area contributed by atoms with E-state index in [9.17, 15) is 23.1 Å². The van der Waals surface area contributed by atoms with E-state index in [0.717, 1.165) is 12.1 Å². The van der Waals surface area contributed by atoms with Crippen LogP contribution in [0.3, 0.4) is 0 Å². The summed E-state index contributed by atoms with van der Waals surface area (Å²) in [5.41, 5.74) is 4.24. The lowest BCUT2D eigenvalue weighted by molar-refractivity contribution is -0.137. The van der Waals surface area contributed by atoms with Gasteiger partial charge in [0, 0.05) is 13.1 Å². The molecule has 1 rings (SSSR count). The van der Waals surface area contributed by atoms with Crippen LogP contribution in [0.25, 0.3) is 0 Å². The van der Waals surface area contributed by atoms with Gasteiger partial charge >= 0.3 is 6.18 Å². The number of carbonyl (C=O) groups is 1. The van der Waals surface area contributed by atoms with Gasteiger partial charge in [-0.05, 0) is 17.7 Å². The largest absolute Gasteiger partial charge is 0.416 e. The van der Waals surface area contributed by atoms with E-state index in [2.05, 4.69) is 5.32 Å². The van der Waals surface area contributed by atoms with Crippen molar-refractivity contribution in [1.82, 2.24) is 5.32 Å². The zero-order valence-electron chi connectivity index (χ0n) is 11.2. The predicted molar refractivity (Wildman–Crippen MR) is 69.3 cm³/mol. The van der Waals surface area contributed by atoms with Crippen LogP contribution >= 0.6 is 0 Å². The van der Waals surface area contributed by atoms with Crippen LogP contribution in [0.5, 0.6) is 0 Å². The molecular formula is C13H17F3N2O3. The molecule has 1 unspecified atom stereocenters. The monoisotopic (exact) mass is 306 g/mol. The van der Waals surface area contributed by atoms with Gasteiger partial charge in [0.2, 0.25) is 5.91 Å². The molecule has 4 N–H and O–H groups in total. The molecule has 1 aromatic carbocycles. The molecule has 0 aliphatic carbocycles. The Kier molecular flexibility index (Phi) is 6.60. The molecule has 0 saturated carbocycles. The SMILES string of the molecule is NC(=O)COCCNCC(O)c1cccc(C(F)(F)F)c1. The molecule has 0 radical (unpaired) electrons. The second-order valence-corrected chi connectivity index (χ2v) is 4.36. The summed E-state index contributed by atoms with van der Waals surface area (Å²) in [5.74, 6) is -0.584. The Bertz CT molecular complexity index is 466. The van der Waals surface area contributed by atoms with Crippen molar-refractivity contribution in [3.63, 3.8) is 0 Å². The second-order valence-electron chi connectivity index (χ2n) is 4.36. The molecule has 0 fully saturated rings. The molecule has 0 bridgehead atoms. The Labute approximate surface area is 119 Å². The van der Waals surface area contributed by atoms with E-state index in [1.54, 1.807) is 0 Å². The zero-order valence-corrected chi connectivity index (χ0v) is 11.2. The van der Waals surface area contributed by atoms with E-state index in [-0.39, 0.29) is 25.3 Å². The third kappa shape index (κ3) is 6.56. The smallest absolute Gasteiger partial charge is 0.387 e. The normalized spacial score (nSPS) is 13.1. The number of halogens is 3. The van der Waals surface area contributed by atoms with Crippen LogP contribution in [0.1, 0.15) is 17.2 Å². The van der Waals surface area contributed by atoms with Crippen LogP contribution in [0.4, 0.5) is 13.2 Å². The first kappa shape index (κ1) is 17.4. The van der Waals surface area contributed by atoms with Gasteiger partial charge in [-0.2, -0.15) is 13.2 Å². The van der Waals surface area contributed by atoms with E-state index >= 15 is 0 Å². The molecule has 21 heavy (non-hydrogen) atoms. The maximum absolute atomic E-state index is 12.5. The molecule has 118 valence electrons. The Hall–Kier alpha value is -1.64. The molecule has 1 atom stereocenters. The molecule has 0 aliphatic heterocycles. The number of alkyl halides is 3. The number of aliphatic hydroxyl groups is 1. The zero-order chi connectivity index (χ0) is 15.9. The number of aliphatic hydroxyl groups excluding tert-OH is 1. The number of hydrogen-bond donors (Lipinski definition) is 3. The fraction of sp³-hybridized carbons (Fsp3) is 0.462. The summed E-state index contributed by atoms with van der Waals surface area (Å²) in [7, 11) is 0. The standard InChI is InChI=1S/C13H17F3N2O3/c14-13(15,16)10-3-1-2-9(6-10)11(19)7-18-4-5-21-8-12(17)20/h1-3,6,11,18-19H,4-5,7-8H2,(H2,17,20). The maximum atomic E-state index is 12.5. The number of carbonyl (C=O) groups excluding carboxylic acids is 1. The molecule has 0 aromatic heterocycles. The number of ether oxygens (including phenoxy) is 1. The average molecular weight is 306 g/mol. The van der Waals surface area contributed by atoms with Gasteiger partial charge in [-0.3, -0.25) is 4.79 Å². The summed E-state index contributed by atoms with van der Waals surface area (Å²) in [4.78, 5) is 10.4. The van der Waals surface area contributed by atoms with E-state index in [1.165, 1.54) is 12.1 Å². The van der Waals surface area contributed by atoms with Crippen molar-refractivity contribution in [2.24, 2.45) is 5.73 Å². The lowest BCUT2D eigenvalue weighted by Gasteiger charge is -2.14. The minimum atomic E-state index is -4.44. The Morgan fingerprint density at radius 3 is 2.76 bits per heavy atom. The molecular weight excluding hydrogens is 289 g/mol. The topological polar surface area (TPSA) is 84.6 Å². The van der Waals surface area contributed by atoms with Gasteiger partial charge in [-0.25, -0.2) is 0 Å². The van der Waals surface area contributed by atoms with Crippen LogP contribution in [-0.2, 0) is 15.7 Å². The molecule has 1 amide bonds. The fourth-order valence-corrected chi connectivity index (χ4v) is 1.60. The molecule has 0 spiro atoms. The molecule has 8 heteroatoms.